The Bertz CT molecular complexity index is 906. The number of hydrogen-bond acceptors (Lipinski definition) is 3. The molecule has 1 aliphatic heterocycles. The van der Waals surface area contributed by atoms with Gasteiger partial charge in [0.2, 0.25) is 0 Å². The van der Waals surface area contributed by atoms with Crippen molar-refractivity contribution in [3.8, 4) is 0 Å². The lowest BCUT2D eigenvalue weighted by molar-refractivity contribution is 0.0917. The van der Waals surface area contributed by atoms with Gasteiger partial charge in [0.05, 0.1) is 0 Å². The summed E-state index contributed by atoms with van der Waals surface area (Å²) in [5, 5.41) is 6.56. The summed E-state index contributed by atoms with van der Waals surface area (Å²) in [4.78, 5) is 26.4. The summed E-state index contributed by atoms with van der Waals surface area (Å²) in [6.45, 7) is 3.68. The second-order valence-electron chi connectivity index (χ2n) is 8.45. The monoisotopic (exact) mass is 429 g/mol. The third-order valence-electron chi connectivity index (χ3n) is 6.57. The van der Waals surface area contributed by atoms with Crippen LogP contribution < -0.4 is 16.2 Å². The van der Waals surface area contributed by atoms with E-state index in [0.717, 1.165) is 50.8 Å². The van der Waals surface area contributed by atoms with E-state index in [4.69, 9.17) is 0 Å². The Balaban J connectivity index is 0.00000256. The van der Waals surface area contributed by atoms with Crippen molar-refractivity contribution < 1.29 is 4.79 Å². The molecule has 0 unspecified atom stereocenters. The van der Waals surface area contributed by atoms with Crippen LogP contribution in [0.1, 0.15) is 72.0 Å². The maximum Gasteiger partial charge on any atom is 0.263 e. The summed E-state index contributed by atoms with van der Waals surface area (Å²) in [6, 6.07) is 12.6. The van der Waals surface area contributed by atoms with Crippen LogP contribution in [0.4, 0.5) is 0 Å². The zero-order chi connectivity index (χ0) is 20.2. The van der Waals surface area contributed by atoms with E-state index in [9.17, 15) is 9.59 Å². The van der Waals surface area contributed by atoms with Gasteiger partial charge in [0, 0.05) is 24.2 Å². The zero-order valence-corrected chi connectivity index (χ0v) is 18.4. The van der Waals surface area contributed by atoms with Crippen molar-refractivity contribution in [2.75, 3.05) is 13.1 Å². The molecule has 0 radical (unpaired) electrons. The predicted octanol–water partition coefficient (Wildman–Crippen LogP) is 3.96. The van der Waals surface area contributed by atoms with Crippen molar-refractivity contribution >= 4 is 18.3 Å². The molecule has 2 atom stereocenters. The number of hydrogen-bond donors (Lipinski definition) is 2. The average molecular weight is 430 g/mol. The largest absolute Gasteiger partial charge is 0.349 e. The molecule has 1 aromatic heterocycles. The molecule has 5 nitrogen and oxygen atoms in total. The van der Waals surface area contributed by atoms with Crippen molar-refractivity contribution in [1.29, 1.82) is 0 Å². The van der Waals surface area contributed by atoms with Crippen LogP contribution in [0.15, 0.2) is 47.4 Å². The average Bonchev–Trinajstić information content (AvgIpc) is 2.75. The molecule has 2 N–H and O–H groups in total. The van der Waals surface area contributed by atoms with Crippen LogP contribution in [0.25, 0.3) is 0 Å². The summed E-state index contributed by atoms with van der Waals surface area (Å²) in [6.07, 6.45) is 8.02. The molecule has 1 amide bonds. The summed E-state index contributed by atoms with van der Waals surface area (Å²) in [7, 11) is 0. The van der Waals surface area contributed by atoms with Crippen LogP contribution >= 0.6 is 12.4 Å². The van der Waals surface area contributed by atoms with Gasteiger partial charge in [-0.15, -0.1) is 12.4 Å². The van der Waals surface area contributed by atoms with Gasteiger partial charge in [-0.2, -0.15) is 0 Å². The molecule has 1 aliphatic carbocycles. The Kier molecular flexibility index (Phi) is 7.73. The highest BCUT2D eigenvalue weighted by Gasteiger charge is 2.29. The number of carbonyl (C=O) groups is 1. The van der Waals surface area contributed by atoms with Crippen molar-refractivity contribution in [3.05, 3.63) is 69.6 Å². The Hall–Kier alpha value is -2.11. The number of nitrogens with one attached hydrogen (secondary N) is 2. The SMILES string of the molecule is Cc1ccn(C2CCNCC2)c(=O)c1C(=O)N[C@@H]1CCCC[C@H]1c1ccccc1.Cl. The molecule has 2 aromatic rings. The first kappa shape index (κ1) is 22.6. The zero-order valence-electron chi connectivity index (χ0n) is 17.6. The second-order valence-corrected chi connectivity index (χ2v) is 8.45. The lowest BCUT2D eigenvalue weighted by Gasteiger charge is -2.33. The molecule has 0 spiro atoms. The van der Waals surface area contributed by atoms with Gasteiger partial charge in [0.15, 0.2) is 0 Å². The Morgan fingerprint density at radius 2 is 1.73 bits per heavy atom. The third-order valence-corrected chi connectivity index (χ3v) is 6.57. The van der Waals surface area contributed by atoms with Crippen molar-refractivity contribution in [2.24, 2.45) is 0 Å². The minimum atomic E-state index is -0.219. The van der Waals surface area contributed by atoms with E-state index in [2.05, 4.69) is 34.9 Å². The first-order valence-electron chi connectivity index (χ1n) is 10.9. The molecule has 2 fully saturated rings. The van der Waals surface area contributed by atoms with Crippen LogP contribution in [0.3, 0.4) is 0 Å². The minimum absolute atomic E-state index is 0. The first-order chi connectivity index (χ1) is 14.1. The second kappa shape index (κ2) is 10.3. The number of aryl methyl sites for hydroxylation is 1. The highest BCUT2D eigenvalue weighted by Crippen LogP contribution is 2.33. The molecule has 1 aromatic carbocycles. The fraction of sp³-hybridized carbons (Fsp3) is 0.500. The number of carbonyl (C=O) groups excluding carboxylic acids is 1. The molecule has 4 rings (SSSR count). The highest BCUT2D eigenvalue weighted by molar-refractivity contribution is 5.95. The molecule has 2 aliphatic rings. The fourth-order valence-corrected chi connectivity index (χ4v) is 4.93. The van der Waals surface area contributed by atoms with E-state index in [1.807, 2.05) is 25.3 Å². The topological polar surface area (TPSA) is 63.1 Å². The summed E-state index contributed by atoms with van der Waals surface area (Å²) >= 11 is 0. The lowest BCUT2D eigenvalue weighted by atomic mass is 9.80. The van der Waals surface area contributed by atoms with E-state index in [1.54, 1.807) is 4.57 Å². The Labute approximate surface area is 184 Å². The summed E-state index contributed by atoms with van der Waals surface area (Å²) < 4.78 is 1.78. The van der Waals surface area contributed by atoms with Crippen LogP contribution in [-0.4, -0.2) is 29.6 Å². The van der Waals surface area contributed by atoms with Gasteiger partial charge in [-0.1, -0.05) is 43.2 Å². The lowest BCUT2D eigenvalue weighted by Crippen LogP contribution is -2.44. The Morgan fingerprint density at radius 3 is 2.47 bits per heavy atom. The molecule has 0 bridgehead atoms. The predicted molar refractivity (Wildman–Crippen MR) is 123 cm³/mol. The summed E-state index contributed by atoms with van der Waals surface area (Å²) in [5.74, 6) is 0.0909. The quantitative estimate of drug-likeness (QED) is 0.773. The molecule has 2 heterocycles. The molecule has 30 heavy (non-hydrogen) atoms. The van der Waals surface area contributed by atoms with Crippen LogP contribution in [-0.2, 0) is 0 Å². The van der Waals surface area contributed by atoms with Crippen molar-refractivity contribution in [2.45, 2.75) is 63.5 Å². The van der Waals surface area contributed by atoms with Gasteiger partial charge in [-0.25, -0.2) is 0 Å². The number of nitrogens with zero attached hydrogens (tertiary/aromatic N) is 1. The maximum atomic E-state index is 13.2. The van der Waals surface area contributed by atoms with Gasteiger partial charge >= 0.3 is 0 Å². The first-order valence-corrected chi connectivity index (χ1v) is 10.9. The number of piperidine rings is 1. The molecule has 162 valence electrons. The summed E-state index contributed by atoms with van der Waals surface area (Å²) in [5.41, 5.74) is 2.18. The number of halogens is 1. The Morgan fingerprint density at radius 1 is 1.03 bits per heavy atom. The smallest absolute Gasteiger partial charge is 0.263 e. The fourth-order valence-electron chi connectivity index (χ4n) is 4.93. The molecular weight excluding hydrogens is 398 g/mol. The van der Waals surface area contributed by atoms with Crippen LogP contribution in [0, 0.1) is 6.92 Å². The number of pyridine rings is 1. The van der Waals surface area contributed by atoms with E-state index in [-0.39, 0.29) is 36.0 Å². The van der Waals surface area contributed by atoms with Gasteiger partial charge < -0.3 is 15.2 Å². The van der Waals surface area contributed by atoms with E-state index >= 15 is 0 Å². The molecule has 6 heteroatoms. The maximum absolute atomic E-state index is 13.2. The number of amides is 1. The molecule has 1 saturated heterocycles. The van der Waals surface area contributed by atoms with Gasteiger partial charge in [-0.3, -0.25) is 9.59 Å². The number of benzene rings is 1. The van der Waals surface area contributed by atoms with Gasteiger partial charge in [0.1, 0.15) is 5.56 Å². The van der Waals surface area contributed by atoms with Crippen molar-refractivity contribution in [3.63, 3.8) is 0 Å². The van der Waals surface area contributed by atoms with Crippen LogP contribution in [0.2, 0.25) is 0 Å². The van der Waals surface area contributed by atoms with Gasteiger partial charge in [0.25, 0.3) is 11.5 Å². The normalized spacial score (nSPS) is 22.2. The highest BCUT2D eigenvalue weighted by atomic mass is 35.5. The molecule has 1 saturated carbocycles. The van der Waals surface area contributed by atoms with Crippen LogP contribution in [0.5, 0.6) is 0 Å². The number of rotatable bonds is 4. The van der Waals surface area contributed by atoms with E-state index in [0.29, 0.717) is 11.5 Å². The van der Waals surface area contributed by atoms with Gasteiger partial charge in [-0.05, 0) is 62.9 Å². The third kappa shape index (κ3) is 4.79. The van der Waals surface area contributed by atoms with Crippen molar-refractivity contribution in [1.82, 2.24) is 15.2 Å². The van der Waals surface area contributed by atoms with E-state index in [1.165, 1.54) is 12.0 Å². The molecular formula is C24H32ClN3O2. The minimum Gasteiger partial charge on any atom is -0.349 e. The van der Waals surface area contributed by atoms with E-state index < -0.39 is 0 Å². The standard InChI is InChI=1S/C24H31N3O2.ClH/c1-17-13-16-27(19-11-14-25-15-12-19)24(29)22(17)23(28)26-21-10-6-5-9-20(21)18-7-3-2-4-8-18;/h2-4,7-8,13,16,19-21,25H,5-6,9-12,14-15H2,1H3,(H,26,28);1H/t20-,21+;/m0./s1. The number of aromatic nitrogens is 1.